The second kappa shape index (κ2) is 5.81. The summed E-state index contributed by atoms with van der Waals surface area (Å²) in [7, 11) is 0. The molecule has 1 atom stereocenters. The molecule has 0 heterocycles. The molecule has 1 unspecified atom stereocenters. The van der Waals surface area contributed by atoms with E-state index < -0.39 is 47.2 Å². The predicted molar refractivity (Wildman–Crippen MR) is 74.6 cm³/mol. The van der Waals surface area contributed by atoms with E-state index in [0.717, 1.165) is 0 Å². The number of ether oxygens (including phenoxy) is 1. The van der Waals surface area contributed by atoms with E-state index in [0.29, 0.717) is 0 Å². The third-order valence-electron chi connectivity index (χ3n) is 3.35. The van der Waals surface area contributed by atoms with Gasteiger partial charge in [0.05, 0.1) is 12.5 Å². The first kappa shape index (κ1) is 17.2. The molecule has 1 aromatic carbocycles. The summed E-state index contributed by atoms with van der Waals surface area (Å²) in [4.78, 5) is 23.9. The van der Waals surface area contributed by atoms with Crippen LogP contribution in [0.25, 0.3) is 0 Å². The number of hydrogen-bond acceptors (Lipinski definition) is 4. The summed E-state index contributed by atoms with van der Waals surface area (Å²) in [6.07, 6.45) is -6.42. The minimum Gasteiger partial charge on any atom is -0.491 e. The molecule has 0 aromatic heterocycles. The lowest BCUT2D eigenvalue weighted by atomic mass is 9.73. The normalized spacial score (nSPS) is 21.4. The number of aliphatic hydroxyl groups is 1. The van der Waals surface area contributed by atoms with Crippen LogP contribution in [0.2, 0.25) is 0 Å². The van der Waals surface area contributed by atoms with E-state index in [1.165, 1.54) is 26.0 Å². The first-order valence-electron chi connectivity index (χ1n) is 6.91. The number of alkyl halides is 3. The Bertz CT molecular complexity index is 662. The molecule has 0 saturated heterocycles. The molecule has 7 heteroatoms. The van der Waals surface area contributed by atoms with Crippen LogP contribution < -0.4 is 0 Å². The van der Waals surface area contributed by atoms with Gasteiger partial charge in [-0.15, -0.1) is 0 Å². The number of carbonyl (C=O) groups is 2. The second-order valence-electron chi connectivity index (χ2n) is 5.52. The lowest BCUT2D eigenvalue weighted by Gasteiger charge is -2.40. The molecule has 2 rings (SSSR count). The highest BCUT2D eigenvalue weighted by Crippen LogP contribution is 2.47. The molecule has 0 amide bonds. The van der Waals surface area contributed by atoms with Gasteiger partial charge in [0.1, 0.15) is 5.57 Å². The van der Waals surface area contributed by atoms with Gasteiger partial charge in [-0.2, -0.15) is 13.2 Å². The van der Waals surface area contributed by atoms with Crippen LogP contribution >= 0.6 is 0 Å². The highest BCUT2D eigenvalue weighted by molar-refractivity contribution is 6.15. The van der Waals surface area contributed by atoms with Crippen LogP contribution in [0.1, 0.15) is 30.6 Å². The fraction of sp³-hybridized carbons (Fsp3) is 0.375. The Morgan fingerprint density at radius 1 is 1.26 bits per heavy atom. The number of ketones is 2. The fourth-order valence-electron chi connectivity index (χ4n) is 2.33. The average molecular weight is 328 g/mol. The quantitative estimate of drug-likeness (QED) is 0.844. The van der Waals surface area contributed by atoms with Crippen molar-refractivity contribution in [3.63, 3.8) is 0 Å². The Kier molecular flexibility index (Phi) is 4.34. The van der Waals surface area contributed by atoms with Crippen LogP contribution in [0.4, 0.5) is 13.2 Å². The van der Waals surface area contributed by atoms with E-state index >= 15 is 0 Å². The molecule has 1 N–H and O–H groups in total. The smallest absolute Gasteiger partial charge is 0.423 e. The Labute approximate surface area is 130 Å². The van der Waals surface area contributed by atoms with E-state index in [1.54, 1.807) is 18.2 Å². The van der Waals surface area contributed by atoms with Crippen molar-refractivity contribution in [1.29, 1.82) is 0 Å². The van der Waals surface area contributed by atoms with Crippen molar-refractivity contribution < 1.29 is 32.6 Å². The molecule has 1 aliphatic rings. The summed E-state index contributed by atoms with van der Waals surface area (Å²) in [6.45, 7) is 2.92. The number of rotatable bonds is 5. The topological polar surface area (TPSA) is 63.6 Å². The minimum atomic E-state index is -4.94. The first-order chi connectivity index (χ1) is 10.6. The van der Waals surface area contributed by atoms with Crippen LogP contribution in [0, 0.1) is 0 Å². The zero-order chi connectivity index (χ0) is 17.4. The highest BCUT2D eigenvalue weighted by Gasteiger charge is 2.63. The minimum absolute atomic E-state index is 0.193. The van der Waals surface area contributed by atoms with Gasteiger partial charge >= 0.3 is 6.18 Å². The van der Waals surface area contributed by atoms with Crippen molar-refractivity contribution in [2.75, 3.05) is 0 Å². The number of carbonyl (C=O) groups excluding carboxylic acids is 2. The molecule has 0 bridgehead atoms. The Morgan fingerprint density at radius 3 is 2.30 bits per heavy atom. The fourth-order valence-corrected chi connectivity index (χ4v) is 2.33. The summed E-state index contributed by atoms with van der Waals surface area (Å²) >= 11 is 0. The van der Waals surface area contributed by atoms with Gasteiger partial charge in [-0.25, -0.2) is 0 Å². The van der Waals surface area contributed by atoms with Crippen molar-refractivity contribution in [1.82, 2.24) is 0 Å². The number of benzene rings is 1. The molecule has 1 aromatic rings. The molecular weight excluding hydrogens is 313 g/mol. The van der Waals surface area contributed by atoms with E-state index in [-0.39, 0.29) is 5.56 Å². The van der Waals surface area contributed by atoms with E-state index in [4.69, 9.17) is 4.74 Å². The molecule has 0 spiro atoms. The maximum absolute atomic E-state index is 12.9. The zero-order valence-corrected chi connectivity index (χ0v) is 12.5. The number of halogens is 3. The summed E-state index contributed by atoms with van der Waals surface area (Å²) < 4.78 is 43.7. The van der Waals surface area contributed by atoms with Crippen LogP contribution in [0.15, 0.2) is 41.7 Å². The molecule has 0 saturated carbocycles. The van der Waals surface area contributed by atoms with Gasteiger partial charge < -0.3 is 9.84 Å². The zero-order valence-electron chi connectivity index (χ0n) is 12.5. The Morgan fingerprint density at radius 2 is 1.83 bits per heavy atom. The lowest BCUT2D eigenvalue weighted by molar-refractivity contribution is -0.160. The molecule has 0 radical (unpaired) electrons. The molecule has 4 nitrogen and oxygen atoms in total. The van der Waals surface area contributed by atoms with Crippen LogP contribution in [-0.4, -0.2) is 34.6 Å². The summed E-state index contributed by atoms with van der Waals surface area (Å²) in [6, 6.07) is 7.71. The number of Topliss-reactive ketones (excluding diaryl/α,β-unsaturated/α-hetero) is 2. The maximum atomic E-state index is 12.9. The Balaban J connectivity index is 2.35. The van der Waals surface area contributed by atoms with Gasteiger partial charge in [0.15, 0.2) is 17.1 Å². The number of hydrogen-bond donors (Lipinski definition) is 1. The van der Waals surface area contributed by atoms with E-state index in [1.807, 2.05) is 0 Å². The Hall–Kier alpha value is -2.15. The third-order valence-corrected chi connectivity index (χ3v) is 3.35. The second-order valence-corrected chi connectivity index (χ2v) is 5.52. The van der Waals surface area contributed by atoms with Gasteiger partial charge in [0, 0.05) is 5.56 Å². The largest absolute Gasteiger partial charge is 0.491 e. The van der Waals surface area contributed by atoms with Crippen LogP contribution in [0.3, 0.4) is 0 Å². The van der Waals surface area contributed by atoms with Crippen molar-refractivity contribution in [2.24, 2.45) is 0 Å². The van der Waals surface area contributed by atoms with Crippen LogP contribution in [-0.2, 0) is 9.53 Å². The van der Waals surface area contributed by atoms with Gasteiger partial charge in [-0.05, 0) is 13.8 Å². The van der Waals surface area contributed by atoms with Gasteiger partial charge in [0.25, 0.3) is 0 Å². The van der Waals surface area contributed by atoms with Crippen LogP contribution in [0.5, 0.6) is 0 Å². The van der Waals surface area contributed by atoms with Crippen molar-refractivity contribution in [2.45, 2.75) is 38.1 Å². The first-order valence-corrected chi connectivity index (χ1v) is 6.91. The summed E-state index contributed by atoms with van der Waals surface area (Å²) in [5.74, 6) is -3.06. The lowest BCUT2D eigenvalue weighted by Crippen LogP contribution is -2.56. The van der Waals surface area contributed by atoms with Gasteiger partial charge in [-0.1, -0.05) is 30.3 Å². The third kappa shape index (κ3) is 3.14. The van der Waals surface area contributed by atoms with Crippen molar-refractivity contribution >= 4 is 11.6 Å². The summed E-state index contributed by atoms with van der Waals surface area (Å²) in [5, 5.41) is 10.3. The van der Waals surface area contributed by atoms with Gasteiger partial charge in [0.2, 0.25) is 5.78 Å². The maximum Gasteiger partial charge on any atom is 0.423 e. The summed E-state index contributed by atoms with van der Waals surface area (Å²) in [5.41, 5.74) is -3.91. The molecular formula is C16H15F3O4. The average Bonchev–Trinajstić information content (AvgIpc) is 2.45. The van der Waals surface area contributed by atoms with Gasteiger partial charge in [-0.3, -0.25) is 9.59 Å². The molecule has 0 fully saturated rings. The van der Waals surface area contributed by atoms with E-state index in [2.05, 4.69) is 0 Å². The van der Waals surface area contributed by atoms with Crippen molar-refractivity contribution in [3.05, 3.63) is 47.2 Å². The van der Waals surface area contributed by atoms with Crippen molar-refractivity contribution in [3.8, 4) is 0 Å². The molecule has 1 aliphatic carbocycles. The predicted octanol–water partition coefficient (Wildman–Crippen LogP) is 2.81. The highest BCUT2D eigenvalue weighted by atomic mass is 19.4. The standard InChI is InChI=1S/C16H15F3O4/c1-9(2)23-14-12(16(17,18)19)13(21)15(14,22)8-11(20)10-6-4-3-5-7-10/h3-7,9,22H,8H2,1-2H3. The van der Waals surface area contributed by atoms with E-state index in [9.17, 15) is 27.9 Å². The monoisotopic (exact) mass is 328 g/mol. The molecule has 23 heavy (non-hydrogen) atoms. The molecule has 0 aliphatic heterocycles. The SMILES string of the molecule is CC(C)OC1=C(C(F)(F)F)C(=O)C1(O)CC(=O)c1ccccc1. The molecule has 124 valence electrons.